The van der Waals surface area contributed by atoms with E-state index in [-0.39, 0.29) is 23.8 Å². The molecule has 1 aliphatic heterocycles. The second-order valence-corrected chi connectivity index (χ2v) is 16.2. The molecule has 30 heavy (non-hydrogen) atoms. The predicted octanol–water partition coefficient (Wildman–Crippen LogP) is 4.89. The summed E-state index contributed by atoms with van der Waals surface area (Å²) in [6.45, 7) is 13.4. The average molecular weight is 462 g/mol. The molecule has 2 atom stereocenters. The predicted molar refractivity (Wildman–Crippen MR) is 131 cm³/mol. The van der Waals surface area contributed by atoms with Crippen LogP contribution in [0, 0.1) is 22.8 Å². The highest BCUT2D eigenvalue weighted by Crippen LogP contribution is 2.35. The van der Waals surface area contributed by atoms with Crippen LogP contribution in [0.4, 0.5) is 0 Å². The lowest BCUT2D eigenvalue weighted by molar-refractivity contribution is -0.139. The Morgan fingerprint density at radius 1 is 1.17 bits per heavy atom. The lowest BCUT2D eigenvalue weighted by Gasteiger charge is -2.20. The first-order valence-corrected chi connectivity index (χ1v) is 14.9. The Morgan fingerprint density at radius 3 is 2.37 bits per heavy atom. The smallest absolute Gasteiger partial charge is 0.243 e. The number of rotatable bonds is 5. The van der Waals surface area contributed by atoms with Crippen LogP contribution in [0.25, 0.3) is 0 Å². The zero-order chi connectivity index (χ0) is 22.5. The number of thiocarbonyl (C=S) groups is 1. The highest BCUT2D eigenvalue weighted by Gasteiger charge is 2.48. The van der Waals surface area contributed by atoms with Gasteiger partial charge in [-0.25, -0.2) is 0 Å². The Morgan fingerprint density at radius 2 is 1.80 bits per heavy atom. The standard InChI is InChI=1S/C23H31NO3S2Si/c1-23(2,3)16-27-22(28)29-19-18(13-10-14-30(4,5)6)20(25)24(21(19)26)15-17-11-8-7-9-12-17/h7-9,11-12,18-19H,13,15-16H2,1-6H3/t18-,19-/m1/s1. The van der Waals surface area contributed by atoms with Gasteiger partial charge < -0.3 is 4.74 Å². The van der Waals surface area contributed by atoms with Gasteiger partial charge in [-0.2, -0.15) is 0 Å². The van der Waals surface area contributed by atoms with Crippen LogP contribution in [0.2, 0.25) is 19.6 Å². The van der Waals surface area contributed by atoms with Gasteiger partial charge in [0, 0.05) is 6.42 Å². The molecule has 0 aromatic heterocycles. The lowest BCUT2D eigenvalue weighted by atomic mass is 9.99. The first-order valence-electron chi connectivity index (χ1n) is 10.1. The number of amides is 2. The van der Waals surface area contributed by atoms with Gasteiger partial charge in [0.05, 0.1) is 19.1 Å². The van der Waals surface area contributed by atoms with Crippen LogP contribution in [-0.2, 0) is 20.9 Å². The average Bonchev–Trinajstić information content (AvgIpc) is 2.84. The molecule has 7 heteroatoms. The first-order chi connectivity index (χ1) is 13.9. The van der Waals surface area contributed by atoms with Crippen molar-refractivity contribution >= 4 is 48.3 Å². The summed E-state index contributed by atoms with van der Waals surface area (Å²) < 4.78 is 6.00. The van der Waals surface area contributed by atoms with Crippen molar-refractivity contribution in [2.24, 2.45) is 11.3 Å². The fourth-order valence-corrected chi connectivity index (χ4v) is 4.79. The summed E-state index contributed by atoms with van der Waals surface area (Å²) in [5.41, 5.74) is 4.18. The fraction of sp³-hybridized carbons (Fsp3) is 0.522. The van der Waals surface area contributed by atoms with Gasteiger partial charge in [0.1, 0.15) is 13.3 Å². The molecule has 1 heterocycles. The normalized spacial score (nSPS) is 19.5. The zero-order valence-electron chi connectivity index (χ0n) is 18.7. The molecule has 1 fully saturated rings. The summed E-state index contributed by atoms with van der Waals surface area (Å²) in [6, 6.07) is 9.55. The number of nitrogens with zero attached hydrogens (tertiary/aromatic N) is 1. The van der Waals surface area contributed by atoms with Crippen molar-refractivity contribution in [1.29, 1.82) is 0 Å². The van der Waals surface area contributed by atoms with Crippen molar-refractivity contribution in [1.82, 2.24) is 4.90 Å². The van der Waals surface area contributed by atoms with Gasteiger partial charge in [-0.15, -0.1) is 11.5 Å². The van der Waals surface area contributed by atoms with Crippen molar-refractivity contribution in [3.8, 4) is 11.5 Å². The van der Waals surface area contributed by atoms with E-state index in [1.807, 2.05) is 30.3 Å². The Hall–Kier alpha value is -1.62. The van der Waals surface area contributed by atoms with Crippen LogP contribution in [-0.4, -0.2) is 41.0 Å². The van der Waals surface area contributed by atoms with E-state index < -0.39 is 19.2 Å². The number of carbonyl (C=O) groups excluding carboxylic acids is 2. The highest BCUT2D eigenvalue weighted by molar-refractivity contribution is 8.23. The lowest BCUT2D eigenvalue weighted by Crippen LogP contribution is -2.31. The summed E-state index contributed by atoms with van der Waals surface area (Å²) in [5, 5.41) is -0.593. The minimum atomic E-state index is -1.56. The largest absolute Gasteiger partial charge is 0.478 e. The number of hydrogen-bond donors (Lipinski definition) is 0. The first kappa shape index (κ1) is 24.6. The second kappa shape index (κ2) is 10.1. The highest BCUT2D eigenvalue weighted by atomic mass is 32.2. The molecule has 2 rings (SSSR count). The van der Waals surface area contributed by atoms with E-state index in [1.165, 1.54) is 16.7 Å². The third kappa shape index (κ3) is 7.57. The van der Waals surface area contributed by atoms with Crippen molar-refractivity contribution in [3.63, 3.8) is 0 Å². The van der Waals surface area contributed by atoms with E-state index in [2.05, 4.69) is 51.9 Å². The molecule has 1 aromatic carbocycles. The Balaban J connectivity index is 2.20. The van der Waals surface area contributed by atoms with Gasteiger partial charge in [0.15, 0.2) is 0 Å². The summed E-state index contributed by atoms with van der Waals surface area (Å²) in [5.74, 6) is 2.28. The Bertz CT molecular complexity index is 847. The molecular weight excluding hydrogens is 430 g/mol. The van der Waals surface area contributed by atoms with Crippen molar-refractivity contribution < 1.29 is 14.3 Å². The summed E-state index contributed by atoms with van der Waals surface area (Å²) in [7, 11) is -1.56. The van der Waals surface area contributed by atoms with E-state index in [0.29, 0.717) is 17.4 Å². The molecule has 0 saturated carbocycles. The Labute approximate surface area is 191 Å². The van der Waals surface area contributed by atoms with Gasteiger partial charge in [-0.3, -0.25) is 14.5 Å². The number of likely N-dealkylation sites (tertiary alicyclic amines) is 1. The molecule has 2 amide bonds. The van der Waals surface area contributed by atoms with E-state index in [9.17, 15) is 9.59 Å². The second-order valence-electron chi connectivity index (χ2n) is 9.75. The van der Waals surface area contributed by atoms with Crippen molar-refractivity contribution in [2.75, 3.05) is 6.61 Å². The van der Waals surface area contributed by atoms with Crippen LogP contribution in [0.15, 0.2) is 30.3 Å². The zero-order valence-corrected chi connectivity index (χ0v) is 21.3. The SMILES string of the molecule is CC(C)(C)COC(=S)S[C@H]1C(=O)N(Cc2ccccc2)C(=O)[C@@H]1CC#C[Si](C)(C)C. The Kier molecular flexibility index (Phi) is 8.32. The number of hydrogen-bond acceptors (Lipinski definition) is 5. The van der Waals surface area contributed by atoms with Crippen molar-refractivity contribution in [2.45, 2.75) is 58.6 Å². The fourth-order valence-electron chi connectivity index (χ4n) is 2.85. The van der Waals surface area contributed by atoms with E-state index in [0.717, 1.165) is 5.56 Å². The molecule has 4 nitrogen and oxygen atoms in total. The summed E-state index contributed by atoms with van der Waals surface area (Å²) in [4.78, 5) is 27.6. The van der Waals surface area contributed by atoms with E-state index >= 15 is 0 Å². The molecular formula is C23H31NO3S2Si. The van der Waals surface area contributed by atoms with Crippen molar-refractivity contribution in [3.05, 3.63) is 35.9 Å². The maximum Gasteiger partial charge on any atom is 0.243 e. The van der Waals surface area contributed by atoms with Gasteiger partial charge >= 0.3 is 0 Å². The number of imide groups is 1. The van der Waals surface area contributed by atoms with E-state index in [1.54, 1.807) is 0 Å². The molecule has 162 valence electrons. The van der Waals surface area contributed by atoms with Gasteiger partial charge in [-0.1, -0.05) is 82.5 Å². The van der Waals surface area contributed by atoms with E-state index in [4.69, 9.17) is 17.0 Å². The molecule has 0 spiro atoms. The number of ether oxygens (including phenoxy) is 1. The number of benzene rings is 1. The molecule has 1 aliphatic rings. The van der Waals surface area contributed by atoms with Crippen LogP contribution >= 0.6 is 24.0 Å². The molecule has 0 N–H and O–H groups in total. The van der Waals surface area contributed by atoms with Crippen LogP contribution in [0.5, 0.6) is 0 Å². The monoisotopic (exact) mass is 461 g/mol. The summed E-state index contributed by atoms with van der Waals surface area (Å²) in [6.07, 6.45) is 0.361. The minimum Gasteiger partial charge on any atom is -0.478 e. The van der Waals surface area contributed by atoms with Crippen LogP contribution in [0.1, 0.15) is 32.8 Å². The maximum absolute atomic E-state index is 13.2. The topological polar surface area (TPSA) is 46.6 Å². The molecule has 0 radical (unpaired) electrons. The maximum atomic E-state index is 13.2. The quantitative estimate of drug-likeness (QED) is 0.270. The molecule has 0 aliphatic carbocycles. The number of carbonyl (C=O) groups is 2. The van der Waals surface area contributed by atoms with Crippen LogP contribution < -0.4 is 0 Å². The third-order valence-corrected chi connectivity index (χ3v) is 6.70. The number of thioether (sulfide) groups is 1. The van der Waals surface area contributed by atoms with Gasteiger partial charge in [0.2, 0.25) is 16.2 Å². The van der Waals surface area contributed by atoms with Gasteiger partial charge in [0.25, 0.3) is 0 Å². The summed E-state index contributed by atoms with van der Waals surface area (Å²) >= 11 is 6.55. The minimum absolute atomic E-state index is 0.0400. The molecule has 1 aromatic rings. The van der Waals surface area contributed by atoms with Gasteiger partial charge in [-0.05, 0) is 23.2 Å². The molecule has 1 saturated heterocycles. The molecule has 0 unspecified atom stereocenters. The van der Waals surface area contributed by atoms with Crippen LogP contribution in [0.3, 0.4) is 0 Å². The molecule has 0 bridgehead atoms. The third-order valence-electron chi connectivity index (χ3n) is 4.27.